The van der Waals surface area contributed by atoms with Gasteiger partial charge in [0, 0.05) is 19.0 Å². The van der Waals surface area contributed by atoms with E-state index < -0.39 is 95.4 Å². The highest BCUT2D eigenvalue weighted by molar-refractivity contribution is 5.97. The highest BCUT2D eigenvalue weighted by atomic mass is 19.4. The molecule has 292 valence electrons. The van der Waals surface area contributed by atoms with Gasteiger partial charge in [0.1, 0.15) is 23.8 Å². The van der Waals surface area contributed by atoms with Gasteiger partial charge in [0.05, 0.1) is 50.0 Å². The summed E-state index contributed by atoms with van der Waals surface area (Å²) in [5.74, 6) is -6.49. The molecule has 0 bridgehead atoms. The van der Waals surface area contributed by atoms with Crippen LogP contribution in [0.3, 0.4) is 0 Å². The Hall–Kier alpha value is -4.97. The van der Waals surface area contributed by atoms with E-state index in [1.54, 1.807) is 6.92 Å². The zero-order valence-electron chi connectivity index (χ0n) is 28.6. The van der Waals surface area contributed by atoms with Gasteiger partial charge in [-0.3, -0.25) is 14.4 Å². The zero-order chi connectivity index (χ0) is 39.8. The molecule has 0 aromatic heterocycles. The topological polar surface area (TPSA) is 140 Å². The second kappa shape index (κ2) is 17.7. The van der Waals surface area contributed by atoms with Gasteiger partial charge in [0.2, 0.25) is 0 Å². The van der Waals surface area contributed by atoms with E-state index in [9.17, 15) is 59.1 Å². The molecule has 4 rings (SSSR count). The maximum absolute atomic E-state index is 14.0. The van der Waals surface area contributed by atoms with Crippen LogP contribution in [0, 0.1) is 23.5 Å². The van der Waals surface area contributed by atoms with E-state index in [0.29, 0.717) is 24.3 Å². The predicted molar refractivity (Wildman–Crippen MR) is 166 cm³/mol. The fourth-order valence-electron chi connectivity index (χ4n) is 6.19. The fourth-order valence-corrected chi connectivity index (χ4v) is 6.19. The molecule has 0 aliphatic carbocycles. The monoisotopic (exact) mass is 768 g/mol. The first-order valence-corrected chi connectivity index (χ1v) is 16.1. The second-order valence-corrected chi connectivity index (χ2v) is 12.1. The first-order chi connectivity index (χ1) is 24.7. The Morgan fingerprint density at radius 1 is 0.736 bits per heavy atom. The van der Waals surface area contributed by atoms with E-state index in [0.717, 1.165) is 26.4 Å². The maximum Gasteiger partial charge on any atom is 0.419 e. The van der Waals surface area contributed by atoms with Crippen molar-refractivity contribution in [1.29, 1.82) is 0 Å². The van der Waals surface area contributed by atoms with Crippen LogP contribution in [0.15, 0.2) is 36.4 Å². The molecule has 4 atom stereocenters. The molecular weight excluding hydrogens is 732 g/mol. The number of aliphatic carboxylic acids is 1. The molecule has 2 aromatic carbocycles. The van der Waals surface area contributed by atoms with Crippen molar-refractivity contribution >= 4 is 29.9 Å². The number of nitrogens with zero attached hydrogens (tertiary/aromatic N) is 2. The molecule has 2 saturated heterocycles. The van der Waals surface area contributed by atoms with Crippen LogP contribution in [-0.2, 0) is 40.9 Å². The minimum atomic E-state index is -4.85. The van der Waals surface area contributed by atoms with Crippen molar-refractivity contribution < 1.29 is 78.4 Å². The molecule has 2 aromatic rings. The quantitative estimate of drug-likeness (QED) is 0.133. The zero-order valence-corrected chi connectivity index (χ0v) is 28.6. The van der Waals surface area contributed by atoms with Gasteiger partial charge >= 0.3 is 36.5 Å². The largest absolute Gasteiger partial charge is 0.481 e. The lowest BCUT2D eigenvalue weighted by molar-refractivity contribution is -0.147. The molecule has 2 fully saturated rings. The number of Topliss-reactive ketones (excluding diaryl/α,β-unsaturated/α-hetero) is 1. The number of carbonyl (C=O) groups excluding carboxylic acids is 4. The maximum atomic E-state index is 14.0. The number of carboxylic acid groups (broad SMARTS) is 1. The lowest BCUT2D eigenvalue weighted by Crippen LogP contribution is -2.43. The molecule has 2 aliphatic rings. The lowest BCUT2D eigenvalue weighted by atomic mass is 9.83. The Bertz CT molecular complexity index is 1670. The predicted octanol–water partition coefficient (Wildman–Crippen LogP) is 7.33. The Morgan fingerprint density at radius 2 is 1.15 bits per heavy atom. The minimum Gasteiger partial charge on any atom is -0.481 e. The van der Waals surface area contributed by atoms with Crippen LogP contribution in [0.4, 0.5) is 44.7 Å². The molecule has 0 saturated carbocycles. The number of hydrogen-bond donors (Lipinski definition) is 1. The standard InChI is InChI=1S/C19H21F4NO5.C15H15F4NO4/c1-3-29-17(26)10-16(25)12-6-7-24(18(27)28-2)15(9-12)11-4-5-13(14(20)8-11)19(21,22)23;1-24-14(23)20-5-4-9(13(21)22)7-12(20)8-2-3-10(11(16)6-8)15(17,18)19/h4-5,8,12,15H,3,6-7,9-10H2,1-2H3;2-3,6,9,12H,4-5,7H2,1H3,(H,21,22). The summed E-state index contributed by atoms with van der Waals surface area (Å²) in [5, 5.41) is 9.13. The van der Waals surface area contributed by atoms with Gasteiger partial charge in [-0.2, -0.15) is 26.3 Å². The van der Waals surface area contributed by atoms with Gasteiger partial charge in [0.15, 0.2) is 0 Å². The molecule has 4 unspecified atom stereocenters. The van der Waals surface area contributed by atoms with Crippen molar-refractivity contribution in [3.05, 3.63) is 70.3 Å². The smallest absolute Gasteiger partial charge is 0.419 e. The van der Waals surface area contributed by atoms with E-state index in [1.165, 1.54) is 9.80 Å². The first-order valence-electron chi connectivity index (χ1n) is 16.1. The van der Waals surface area contributed by atoms with Crippen molar-refractivity contribution in [2.24, 2.45) is 11.8 Å². The molecular formula is C34H36F8N2O9. The number of carboxylic acids is 1. The number of benzene rings is 2. The third kappa shape index (κ3) is 10.8. The van der Waals surface area contributed by atoms with E-state index >= 15 is 0 Å². The molecule has 1 N–H and O–H groups in total. The van der Waals surface area contributed by atoms with E-state index in [1.807, 2.05) is 0 Å². The number of alkyl halides is 6. The number of ether oxygens (including phenoxy) is 3. The summed E-state index contributed by atoms with van der Waals surface area (Å²) in [5.41, 5.74) is -2.63. The molecule has 0 spiro atoms. The summed E-state index contributed by atoms with van der Waals surface area (Å²) in [6, 6.07) is 2.97. The van der Waals surface area contributed by atoms with Gasteiger partial charge in [-0.25, -0.2) is 18.4 Å². The van der Waals surface area contributed by atoms with Crippen LogP contribution in [0.5, 0.6) is 0 Å². The summed E-state index contributed by atoms with van der Waals surface area (Å²) in [7, 11) is 2.28. The fraction of sp³-hybridized carbons (Fsp3) is 0.500. The van der Waals surface area contributed by atoms with Gasteiger partial charge in [-0.05, 0) is 68.0 Å². The third-order valence-corrected chi connectivity index (χ3v) is 8.82. The molecule has 2 aliphatic heterocycles. The van der Waals surface area contributed by atoms with Crippen molar-refractivity contribution in [3.8, 4) is 0 Å². The van der Waals surface area contributed by atoms with Crippen LogP contribution in [0.2, 0.25) is 0 Å². The number of amides is 2. The molecule has 19 heteroatoms. The molecule has 2 heterocycles. The number of piperidine rings is 2. The Balaban J connectivity index is 0.000000290. The Labute approximate surface area is 297 Å². The van der Waals surface area contributed by atoms with Crippen LogP contribution >= 0.6 is 0 Å². The van der Waals surface area contributed by atoms with Crippen molar-refractivity contribution in [3.63, 3.8) is 0 Å². The first kappa shape index (κ1) is 42.4. The van der Waals surface area contributed by atoms with Gasteiger partial charge < -0.3 is 29.1 Å². The number of rotatable bonds is 7. The van der Waals surface area contributed by atoms with Crippen LogP contribution in [0.25, 0.3) is 0 Å². The van der Waals surface area contributed by atoms with E-state index in [4.69, 9.17) is 14.6 Å². The number of methoxy groups -OCH3 is 2. The summed E-state index contributed by atoms with van der Waals surface area (Å²) in [4.78, 5) is 61.5. The number of ketones is 1. The van der Waals surface area contributed by atoms with Crippen molar-refractivity contribution in [1.82, 2.24) is 9.80 Å². The number of esters is 1. The molecule has 0 radical (unpaired) electrons. The average molecular weight is 769 g/mol. The Kier molecular flexibility index (Phi) is 14.2. The van der Waals surface area contributed by atoms with E-state index in [2.05, 4.69) is 4.74 Å². The van der Waals surface area contributed by atoms with Crippen LogP contribution in [0.1, 0.15) is 73.4 Å². The summed E-state index contributed by atoms with van der Waals surface area (Å²) >= 11 is 0. The van der Waals surface area contributed by atoms with Gasteiger partial charge in [-0.1, -0.05) is 12.1 Å². The highest BCUT2D eigenvalue weighted by Gasteiger charge is 2.40. The summed E-state index contributed by atoms with van der Waals surface area (Å²) in [6.45, 7) is 1.85. The number of halogens is 8. The SMILES string of the molecule is CCOC(=O)CC(=O)C1CCN(C(=O)OC)C(c2ccc(C(F)(F)F)c(F)c2)C1.COC(=O)N1CCC(C(=O)O)CC1c1ccc(C(F)(F)F)c(F)c1. The normalized spacial score (nSPS) is 20.4. The number of carbonyl (C=O) groups is 5. The van der Waals surface area contributed by atoms with E-state index in [-0.39, 0.29) is 56.5 Å². The molecule has 2 amide bonds. The minimum absolute atomic E-state index is 0.0259. The molecule has 53 heavy (non-hydrogen) atoms. The molecule has 11 nitrogen and oxygen atoms in total. The van der Waals surface area contributed by atoms with Gasteiger partial charge in [-0.15, -0.1) is 0 Å². The van der Waals surface area contributed by atoms with Gasteiger partial charge in [0.25, 0.3) is 0 Å². The average Bonchev–Trinajstić information content (AvgIpc) is 3.09. The summed E-state index contributed by atoms with van der Waals surface area (Å²) in [6.07, 6.45) is -11.2. The van der Waals surface area contributed by atoms with Crippen LogP contribution in [-0.4, -0.2) is 78.7 Å². The Morgan fingerprint density at radius 3 is 1.51 bits per heavy atom. The highest BCUT2D eigenvalue weighted by Crippen LogP contribution is 2.40. The van der Waals surface area contributed by atoms with Crippen LogP contribution < -0.4 is 0 Å². The van der Waals surface area contributed by atoms with Crippen molar-refractivity contribution in [2.45, 2.75) is 63.5 Å². The third-order valence-electron chi connectivity index (χ3n) is 8.82. The number of hydrogen-bond acceptors (Lipinski definition) is 8. The lowest BCUT2D eigenvalue weighted by Gasteiger charge is -2.38. The second-order valence-electron chi connectivity index (χ2n) is 12.1. The van der Waals surface area contributed by atoms with Crippen molar-refractivity contribution in [2.75, 3.05) is 33.9 Å². The number of likely N-dealkylation sites (tertiary alicyclic amines) is 2. The summed E-state index contributed by atoms with van der Waals surface area (Å²) < 4.78 is 118.